The van der Waals surface area contributed by atoms with E-state index in [-0.39, 0.29) is 17.7 Å². The molecule has 1 N–H and O–H groups in total. The van der Waals surface area contributed by atoms with E-state index in [9.17, 15) is 9.18 Å². The largest absolute Gasteiger partial charge is 0.497 e. The average Bonchev–Trinajstić information content (AvgIpc) is 2.65. The van der Waals surface area contributed by atoms with Gasteiger partial charge in [0.05, 0.1) is 27.4 Å². The third-order valence-electron chi connectivity index (χ3n) is 3.89. The smallest absolute Gasteiger partial charge is 0.244 e. The maximum absolute atomic E-state index is 13.8. The van der Waals surface area contributed by atoms with E-state index in [4.69, 9.17) is 14.2 Å². The Hall–Kier alpha value is -3.02. The lowest BCUT2D eigenvalue weighted by molar-refractivity contribution is -0.117. The first-order chi connectivity index (χ1) is 12.5. The van der Waals surface area contributed by atoms with Crippen molar-refractivity contribution in [1.82, 2.24) is 5.32 Å². The lowest BCUT2D eigenvalue weighted by Crippen LogP contribution is -2.24. The highest BCUT2D eigenvalue weighted by molar-refractivity contribution is 5.92. The summed E-state index contributed by atoms with van der Waals surface area (Å²) in [5.74, 6) is 0.660. The van der Waals surface area contributed by atoms with Crippen molar-refractivity contribution in [3.05, 3.63) is 59.4 Å². The number of amides is 1. The Morgan fingerprint density at radius 1 is 1.04 bits per heavy atom. The molecule has 5 nitrogen and oxygen atoms in total. The number of hydrogen-bond donors (Lipinski definition) is 1. The summed E-state index contributed by atoms with van der Waals surface area (Å²) in [6.45, 7) is 1.78. The zero-order valence-electron chi connectivity index (χ0n) is 15.2. The van der Waals surface area contributed by atoms with Crippen molar-refractivity contribution >= 4 is 12.0 Å². The van der Waals surface area contributed by atoms with Crippen molar-refractivity contribution in [3.63, 3.8) is 0 Å². The average molecular weight is 359 g/mol. The van der Waals surface area contributed by atoms with Crippen LogP contribution in [0.5, 0.6) is 17.2 Å². The lowest BCUT2D eigenvalue weighted by Gasteiger charge is -2.14. The van der Waals surface area contributed by atoms with Gasteiger partial charge in [-0.05, 0) is 42.8 Å². The van der Waals surface area contributed by atoms with Gasteiger partial charge >= 0.3 is 0 Å². The van der Waals surface area contributed by atoms with E-state index < -0.39 is 5.82 Å². The number of benzene rings is 2. The summed E-state index contributed by atoms with van der Waals surface area (Å²) in [5.41, 5.74) is 1.39. The molecule has 0 saturated carbocycles. The molecule has 0 saturated heterocycles. The fourth-order valence-electron chi connectivity index (χ4n) is 2.42. The molecule has 1 atom stereocenters. The molecular formula is C20H22FNO4. The van der Waals surface area contributed by atoms with Crippen LogP contribution in [-0.2, 0) is 4.79 Å². The maximum atomic E-state index is 13.8. The number of halogens is 1. The summed E-state index contributed by atoms with van der Waals surface area (Å²) in [6.07, 6.45) is 3.05. The van der Waals surface area contributed by atoms with Crippen LogP contribution in [0.2, 0.25) is 0 Å². The fourth-order valence-corrected chi connectivity index (χ4v) is 2.42. The highest BCUT2D eigenvalue weighted by Crippen LogP contribution is 2.25. The van der Waals surface area contributed by atoms with E-state index in [0.717, 1.165) is 5.56 Å². The zero-order valence-corrected chi connectivity index (χ0v) is 15.2. The van der Waals surface area contributed by atoms with Crippen molar-refractivity contribution in [2.75, 3.05) is 21.3 Å². The molecule has 0 aromatic heterocycles. The molecule has 0 bridgehead atoms. The Morgan fingerprint density at radius 3 is 2.38 bits per heavy atom. The molecule has 2 aromatic carbocycles. The van der Waals surface area contributed by atoms with Crippen LogP contribution in [0.25, 0.3) is 6.08 Å². The van der Waals surface area contributed by atoms with Gasteiger partial charge in [0.1, 0.15) is 11.5 Å². The highest BCUT2D eigenvalue weighted by Gasteiger charge is 2.11. The van der Waals surface area contributed by atoms with Crippen LogP contribution in [0.3, 0.4) is 0 Å². The zero-order chi connectivity index (χ0) is 19.1. The first kappa shape index (κ1) is 19.3. The molecule has 0 aliphatic carbocycles. The fraction of sp³-hybridized carbons (Fsp3) is 0.250. The predicted octanol–water partition coefficient (Wildman–Crippen LogP) is 3.74. The Labute approximate surface area is 152 Å². The van der Waals surface area contributed by atoms with Crippen molar-refractivity contribution in [3.8, 4) is 17.2 Å². The van der Waals surface area contributed by atoms with Gasteiger partial charge in [-0.3, -0.25) is 4.79 Å². The maximum Gasteiger partial charge on any atom is 0.244 e. The Kier molecular flexibility index (Phi) is 6.60. The Balaban J connectivity index is 2.06. The van der Waals surface area contributed by atoms with E-state index in [1.54, 1.807) is 51.5 Å². The molecule has 26 heavy (non-hydrogen) atoms. The van der Waals surface area contributed by atoms with Crippen LogP contribution in [-0.4, -0.2) is 27.2 Å². The van der Waals surface area contributed by atoms with Crippen LogP contribution in [0.1, 0.15) is 24.1 Å². The number of carbonyl (C=O) groups excluding carboxylic acids is 1. The molecule has 6 heteroatoms. The SMILES string of the molecule is COc1ccc(/C=C/C(=O)N[C@H](C)c2ccc(OC)c(F)c2)c(OC)c1. The summed E-state index contributed by atoms with van der Waals surface area (Å²) in [7, 11) is 4.52. The van der Waals surface area contributed by atoms with Crippen molar-refractivity contribution < 1.29 is 23.4 Å². The van der Waals surface area contributed by atoms with Gasteiger partial charge in [-0.2, -0.15) is 0 Å². The van der Waals surface area contributed by atoms with Crippen molar-refractivity contribution in [2.45, 2.75) is 13.0 Å². The van der Waals surface area contributed by atoms with Crippen LogP contribution >= 0.6 is 0 Å². The van der Waals surface area contributed by atoms with Crippen LogP contribution in [0.15, 0.2) is 42.5 Å². The monoisotopic (exact) mass is 359 g/mol. The quantitative estimate of drug-likeness (QED) is 0.765. The van der Waals surface area contributed by atoms with Gasteiger partial charge in [0.15, 0.2) is 11.6 Å². The van der Waals surface area contributed by atoms with Crippen LogP contribution in [0.4, 0.5) is 4.39 Å². The molecule has 1 amide bonds. The second kappa shape index (κ2) is 8.89. The summed E-state index contributed by atoms with van der Waals surface area (Å²) in [5, 5.41) is 2.79. The highest BCUT2D eigenvalue weighted by atomic mass is 19.1. The molecule has 0 aliphatic heterocycles. The van der Waals surface area contributed by atoms with E-state index in [2.05, 4.69) is 5.32 Å². The normalized spacial score (nSPS) is 11.9. The number of hydrogen-bond acceptors (Lipinski definition) is 4. The van der Waals surface area contributed by atoms with Gasteiger partial charge in [-0.1, -0.05) is 6.07 Å². The molecule has 0 unspecified atom stereocenters. The number of methoxy groups -OCH3 is 3. The molecule has 0 aliphatic rings. The third-order valence-corrected chi connectivity index (χ3v) is 3.89. The predicted molar refractivity (Wildman–Crippen MR) is 98.1 cm³/mol. The number of rotatable bonds is 7. The Morgan fingerprint density at radius 2 is 1.77 bits per heavy atom. The molecule has 2 aromatic rings. The minimum absolute atomic E-state index is 0.166. The molecule has 138 valence electrons. The van der Waals surface area contributed by atoms with Crippen LogP contribution < -0.4 is 19.5 Å². The number of carbonyl (C=O) groups is 1. The van der Waals surface area contributed by atoms with E-state index in [1.807, 2.05) is 0 Å². The molecule has 0 radical (unpaired) electrons. The molecule has 2 rings (SSSR count). The minimum atomic E-state index is -0.468. The van der Waals surface area contributed by atoms with Gasteiger partial charge in [0.25, 0.3) is 0 Å². The first-order valence-electron chi connectivity index (χ1n) is 8.02. The van der Waals surface area contributed by atoms with Gasteiger partial charge in [-0.15, -0.1) is 0 Å². The number of nitrogens with one attached hydrogen (secondary N) is 1. The van der Waals surface area contributed by atoms with Gasteiger partial charge < -0.3 is 19.5 Å². The molecular weight excluding hydrogens is 337 g/mol. The Bertz CT molecular complexity index is 804. The minimum Gasteiger partial charge on any atom is -0.497 e. The summed E-state index contributed by atoms with van der Waals surface area (Å²) >= 11 is 0. The van der Waals surface area contributed by atoms with Crippen molar-refractivity contribution in [1.29, 1.82) is 0 Å². The summed E-state index contributed by atoms with van der Waals surface area (Å²) in [6, 6.07) is 9.55. The van der Waals surface area contributed by atoms with E-state index >= 15 is 0 Å². The molecule has 0 fully saturated rings. The topological polar surface area (TPSA) is 56.8 Å². The van der Waals surface area contributed by atoms with E-state index in [1.165, 1.54) is 25.3 Å². The van der Waals surface area contributed by atoms with Crippen LogP contribution in [0, 0.1) is 5.82 Å². The molecule has 0 heterocycles. The second-order valence-electron chi connectivity index (χ2n) is 5.57. The van der Waals surface area contributed by atoms with Gasteiger partial charge in [0, 0.05) is 17.7 Å². The van der Waals surface area contributed by atoms with E-state index in [0.29, 0.717) is 17.1 Å². The van der Waals surface area contributed by atoms with Gasteiger partial charge in [0.2, 0.25) is 5.91 Å². The first-order valence-corrected chi connectivity index (χ1v) is 8.02. The lowest BCUT2D eigenvalue weighted by atomic mass is 10.1. The molecule has 0 spiro atoms. The summed E-state index contributed by atoms with van der Waals surface area (Å²) < 4.78 is 29.1. The standard InChI is InChI=1S/C20H22FNO4/c1-13(15-6-9-18(25-3)17(21)11-15)22-20(23)10-7-14-5-8-16(24-2)12-19(14)26-4/h5-13H,1-4H3,(H,22,23)/b10-7+/t13-/m1/s1. The van der Waals surface area contributed by atoms with Gasteiger partial charge in [-0.25, -0.2) is 4.39 Å². The number of ether oxygens (including phenoxy) is 3. The van der Waals surface area contributed by atoms with Crippen molar-refractivity contribution in [2.24, 2.45) is 0 Å². The summed E-state index contributed by atoms with van der Waals surface area (Å²) in [4.78, 5) is 12.1. The third kappa shape index (κ3) is 4.75. The second-order valence-corrected chi connectivity index (χ2v) is 5.57.